The minimum absolute atomic E-state index is 0.0723. The van der Waals surface area contributed by atoms with Gasteiger partial charge >= 0.3 is 0 Å². The Morgan fingerprint density at radius 2 is 0.805 bits per heavy atom. The van der Waals surface area contributed by atoms with Crippen LogP contribution < -0.4 is 10.6 Å². The van der Waals surface area contributed by atoms with Crippen molar-refractivity contribution >= 4 is 49.4 Å². The summed E-state index contributed by atoms with van der Waals surface area (Å²) >= 11 is 0. The van der Waals surface area contributed by atoms with E-state index in [4.69, 9.17) is 0 Å². The smallest absolute Gasteiger partial charge is 0.0387 e. The zero-order valence-electron chi connectivity index (χ0n) is 49.8. The average molecular weight is 1080 g/mol. The van der Waals surface area contributed by atoms with Crippen LogP contribution in [0, 0.1) is 0 Å². The van der Waals surface area contributed by atoms with Gasteiger partial charge in [0.1, 0.15) is 0 Å². The quantitative estimate of drug-likeness (QED) is 0.0417. The molecule has 0 fully saturated rings. The van der Waals surface area contributed by atoms with Crippen molar-refractivity contribution in [1.29, 1.82) is 0 Å². The molecule has 3 aliphatic rings. The van der Waals surface area contributed by atoms with Gasteiger partial charge in [0.05, 0.1) is 0 Å². The van der Waals surface area contributed by atoms with Crippen LogP contribution in [0.25, 0.3) is 65.7 Å². The van der Waals surface area contributed by atoms with Crippen molar-refractivity contribution in [3.63, 3.8) is 0 Å². The molecule has 2 nitrogen and oxygen atoms in total. The highest BCUT2D eigenvalue weighted by molar-refractivity contribution is 6.26. The van der Waals surface area contributed by atoms with Gasteiger partial charge in [-0.25, -0.2) is 0 Å². The predicted octanol–water partition coefficient (Wildman–Crippen LogP) is 24.0. The van der Waals surface area contributed by atoms with E-state index in [0.717, 1.165) is 17.8 Å². The second-order valence-electron chi connectivity index (χ2n) is 24.8. The van der Waals surface area contributed by atoms with E-state index in [0.29, 0.717) is 5.92 Å². The largest absolute Gasteiger partial charge is 0.356 e. The van der Waals surface area contributed by atoms with Crippen LogP contribution in [0.1, 0.15) is 191 Å². The van der Waals surface area contributed by atoms with Gasteiger partial charge in [0, 0.05) is 39.5 Å². The van der Waals surface area contributed by atoms with Crippen molar-refractivity contribution in [2.75, 3.05) is 10.6 Å². The Labute approximate surface area is 491 Å². The molecule has 0 radical (unpaired) electrons. The molecular formula is C80H88N2. The molecule has 0 amide bonds. The molecule has 0 saturated heterocycles. The molecule has 0 heterocycles. The zero-order chi connectivity index (χ0) is 55.9. The van der Waals surface area contributed by atoms with Gasteiger partial charge in [0.2, 0.25) is 0 Å². The Bertz CT molecular complexity index is 3690. The average Bonchev–Trinajstić information content (AvgIpc) is 4.19. The number of anilines is 3. The fourth-order valence-corrected chi connectivity index (χ4v) is 15.4. The molecule has 418 valence electrons. The SMILES string of the molecule is CCCCCCC1(CCCCCC)C2=CC(Nc3ccc(-c4ccc5c6ccc(-c7ccc(Nc8ccc9c(c8)C(CCCCCC)(CCCCCC)c8ccccc8-9)cc7)cc6c6ccccc6c5c4)cc3)=CCC2c2ccccc21. The highest BCUT2D eigenvalue weighted by Gasteiger charge is 2.47. The summed E-state index contributed by atoms with van der Waals surface area (Å²) < 4.78 is 0. The number of benzene rings is 9. The number of allylic oxidation sites excluding steroid dienone is 3. The maximum absolute atomic E-state index is 3.90. The lowest BCUT2D eigenvalue weighted by Crippen LogP contribution is -2.27. The summed E-state index contributed by atoms with van der Waals surface area (Å²) in [5.41, 5.74) is 20.6. The van der Waals surface area contributed by atoms with E-state index in [9.17, 15) is 0 Å². The molecule has 0 aromatic heterocycles. The maximum atomic E-state index is 3.90. The second kappa shape index (κ2) is 25.1. The van der Waals surface area contributed by atoms with Gasteiger partial charge in [-0.2, -0.15) is 0 Å². The fourth-order valence-electron chi connectivity index (χ4n) is 15.4. The van der Waals surface area contributed by atoms with Crippen molar-refractivity contribution in [1.82, 2.24) is 0 Å². The summed E-state index contributed by atoms with van der Waals surface area (Å²) in [6.07, 6.45) is 31.9. The standard InChI is InChI=1S/C80H88N2/c1-5-9-13-23-49-79(50-24-14-10-6-2)75-31-21-19-29-69(75)71-47-43-63(55-77(71)79)81-61-39-33-57(34-40-61)59-37-45-67-68-46-38-60(54-74(68)66-28-18-17-27-65(66)73(67)53-59)58-35-41-62(42-36-58)82-64-44-48-72-70-30-20-22-32-76(70)80(78(72)56-64,51-25-15-11-7-3)52-26-16-12-8-4/h17-22,27-47,53-56,72,81-82H,5-16,23-26,48-52H2,1-4H3. The van der Waals surface area contributed by atoms with E-state index in [1.54, 1.807) is 22.3 Å². The molecule has 9 aromatic carbocycles. The van der Waals surface area contributed by atoms with Crippen LogP contribution in [0.3, 0.4) is 0 Å². The molecule has 2 heteroatoms. The number of fused-ring (bicyclic) bond motifs is 12. The lowest BCUT2D eigenvalue weighted by Gasteiger charge is -2.36. The van der Waals surface area contributed by atoms with Crippen LogP contribution >= 0.6 is 0 Å². The van der Waals surface area contributed by atoms with Crippen LogP contribution in [0.4, 0.5) is 17.1 Å². The van der Waals surface area contributed by atoms with Gasteiger partial charge in [0.25, 0.3) is 0 Å². The molecule has 1 atom stereocenters. The minimum Gasteiger partial charge on any atom is -0.356 e. The molecule has 12 rings (SSSR count). The second-order valence-corrected chi connectivity index (χ2v) is 24.8. The third-order valence-corrected chi connectivity index (χ3v) is 19.6. The molecule has 0 bridgehead atoms. The normalized spacial score (nSPS) is 15.5. The first kappa shape index (κ1) is 55.4. The van der Waals surface area contributed by atoms with Gasteiger partial charge in [-0.05, 0) is 180 Å². The molecule has 2 N–H and O–H groups in total. The summed E-state index contributed by atoms with van der Waals surface area (Å²) in [7, 11) is 0. The van der Waals surface area contributed by atoms with Crippen LogP contribution in [0.5, 0.6) is 0 Å². The van der Waals surface area contributed by atoms with Crippen LogP contribution in [-0.2, 0) is 10.8 Å². The van der Waals surface area contributed by atoms with E-state index in [1.807, 2.05) is 0 Å². The Morgan fingerprint density at radius 3 is 1.37 bits per heavy atom. The van der Waals surface area contributed by atoms with Crippen molar-refractivity contribution in [3.05, 3.63) is 222 Å². The fraction of sp³-hybridized carbons (Fsp3) is 0.350. The van der Waals surface area contributed by atoms with Crippen LogP contribution in [0.15, 0.2) is 199 Å². The highest BCUT2D eigenvalue weighted by atomic mass is 14.9. The van der Waals surface area contributed by atoms with E-state index in [1.165, 1.54) is 211 Å². The summed E-state index contributed by atoms with van der Waals surface area (Å²) in [5.74, 6) is 0.489. The van der Waals surface area contributed by atoms with Crippen molar-refractivity contribution in [3.8, 4) is 33.4 Å². The molecule has 1 unspecified atom stereocenters. The van der Waals surface area contributed by atoms with Crippen molar-refractivity contribution < 1.29 is 0 Å². The summed E-state index contributed by atoms with van der Waals surface area (Å²) in [5, 5.41) is 15.5. The molecular weight excluding hydrogens is 989 g/mol. The van der Waals surface area contributed by atoms with E-state index in [2.05, 4.69) is 226 Å². The summed E-state index contributed by atoms with van der Waals surface area (Å²) in [6, 6.07) is 67.5. The van der Waals surface area contributed by atoms with Crippen LogP contribution in [0.2, 0.25) is 0 Å². The van der Waals surface area contributed by atoms with Gasteiger partial charge < -0.3 is 10.6 Å². The lowest BCUT2D eigenvalue weighted by atomic mass is 9.68. The number of nitrogens with one attached hydrogen (secondary N) is 2. The molecule has 9 aromatic rings. The van der Waals surface area contributed by atoms with Gasteiger partial charge in [0.15, 0.2) is 0 Å². The molecule has 0 saturated carbocycles. The monoisotopic (exact) mass is 1080 g/mol. The first-order chi connectivity index (χ1) is 40.4. The number of rotatable bonds is 26. The number of hydrogen-bond acceptors (Lipinski definition) is 2. The first-order valence-electron chi connectivity index (χ1n) is 32.3. The summed E-state index contributed by atoms with van der Waals surface area (Å²) in [6.45, 7) is 9.31. The Hall–Kier alpha value is -7.16. The van der Waals surface area contributed by atoms with Crippen LogP contribution in [-0.4, -0.2) is 0 Å². The van der Waals surface area contributed by atoms with E-state index < -0.39 is 0 Å². The van der Waals surface area contributed by atoms with Crippen molar-refractivity contribution in [2.45, 2.75) is 179 Å². The van der Waals surface area contributed by atoms with E-state index in [-0.39, 0.29) is 10.8 Å². The first-order valence-corrected chi connectivity index (χ1v) is 32.3. The predicted molar refractivity (Wildman–Crippen MR) is 356 cm³/mol. The topological polar surface area (TPSA) is 24.1 Å². The lowest BCUT2D eigenvalue weighted by molar-refractivity contribution is 0.387. The third-order valence-electron chi connectivity index (χ3n) is 19.6. The Balaban J connectivity index is 0.777. The van der Waals surface area contributed by atoms with E-state index >= 15 is 0 Å². The minimum atomic E-state index is 0.0723. The number of unbranched alkanes of at least 4 members (excludes halogenated alkanes) is 12. The van der Waals surface area contributed by atoms with Gasteiger partial charge in [-0.15, -0.1) is 0 Å². The Morgan fingerprint density at radius 1 is 0.354 bits per heavy atom. The zero-order valence-corrected chi connectivity index (χ0v) is 49.8. The number of hydrogen-bond donors (Lipinski definition) is 2. The van der Waals surface area contributed by atoms with Gasteiger partial charge in [-0.3, -0.25) is 0 Å². The molecule has 0 spiro atoms. The van der Waals surface area contributed by atoms with Gasteiger partial charge in [-0.1, -0.05) is 264 Å². The highest BCUT2D eigenvalue weighted by Crippen LogP contribution is 2.59. The summed E-state index contributed by atoms with van der Waals surface area (Å²) in [4.78, 5) is 0. The molecule has 3 aliphatic carbocycles. The molecule has 82 heavy (non-hydrogen) atoms. The Kier molecular flexibility index (Phi) is 17.0. The molecule has 0 aliphatic heterocycles. The maximum Gasteiger partial charge on any atom is 0.0387 e. The van der Waals surface area contributed by atoms with Crippen molar-refractivity contribution in [2.24, 2.45) is 0 Å². The third kappa shape index (κ3) is 10.9.